The van der Waals surface area contributed by atoms with Gasteiger partial charge in [-0.05, 0) is 12.0 Å². The molecule has 5 aromatic carbocycles. The van der Waals surface area contributed by atoms with Crippen molar-refractivity contribution in [2.24, 2.45) is 15.7 Å². The number of benzene rings is 5. The Hall–Kier alpha value is -4.45. The molecule has 6 nitrogen and oxygen atoms in total. The van der Waals surface area contributed by atoms with E-state index in [0.29, 0.717) is 25.1 Å². The second kappa shape index (κ2) is 14.3. The fourth-order valence-corrected chi connectivity index (χ4v) is 13.7. The quantitative estimate of drug-likeness (QED) is 0.104. The van der Waals surface area contributed by atoms with Crippen molar-refractivity contribution in [1.29, 1.82) is 0 Å². The number of aliphatic imine (C=N–C) groups is 2. The third-order valence-electron chi connectivity index (χ3n) is 8.37. The molecule has 0 bridgehead atoms. The summed E-state index contributed by atoms with van der Waals surface area (Å²) in [5.74, 6) is 1.79. The van der Waals surface area contributed by atoms with E-state index < -0.39 is 5.31 Å². The van der Waals surface area contributed by atoms with E-state index in [0.717, 1.165) is 30.3 Å². The van der Waals surface area contributed by atoms with Gasteiger partial charge in [-0.25, -0.2) is 0 Å². The first-order valence-corrected chi connectivity index (χ1v) is 20.0. The number of nitrogens with two attached hydrogens (primary N) is 1. The summed E-state index contributed by atoms with van der Waals surface area (Å²) in [5, 5.41) is 7.36. The summed E-state index contributed by atoms with van der Waals surface area (Å²) >= 11 is 4.53. The van der Waals surface area contributed by atoms with Crippen LogP contribution in [0.15, 0.2) is 156 Å². The fraction of sp³-hybridized carbons (Fsp3) is 0.158. The molecule has 0 aromatic heterocycles. The van der Waals surface area contributed by atoms with Gasteiger partial charge in [0.25, 0.3) is 0 Å². The minimum absolute atomic E-state index is 0.326. The van der Waals surface area contributed by atoms with Crippen LogP contribution in [0.3, 0.4) is 0 Å². The molecule has 0 saturated heterocycles. The predicted octanol–water partition coefficient (Wildman–Crippen LogP) is 6.40. The van der Waals surface area contributed by atoms with Crippen molar-refractivity contribution in [2.75, 3.05) is 19.3 Å². The van der Waals surface area contributed by atoms with Crippen molar-refractivity contribution < 1.29 is 4.74 Å². The Bertz CT molecular complexity index is 1670. The summed E-state index contributed by atoms with van der Waals surface area (Å²) in [6, 6.07) is 51.0. The first-order valence-electron chi connectivity index (χ1n) is 15.6. The van der Waals surface area contributed by atoms with Crippen LogP contribution in [0.1, 0.15) is 23.7 Å². The topological polar surface area (TPSA) is 84.0 Å². The molecule has 6 rings (SSSR count). The van der Waals surface area contributed by atoms with Crippen LogP contribution < -0.4 is 37.0 Å². The van der Waals surface area contributed by atoms with Gasteiger partial charge in [0.2, 0.25) is 0 Å². The zero-order valence-corrected chi connectivity index (χ0v) is 28.2. The Balaban J connectivity index is 1.13. The molecule has 1 aliphatic heterocycles. The number of halogens is 1. The van der Waals surface area contributed by atoms with E-state index >= 15 is 0 Å². The number of hydrogen-bond donors (Lipinski definition) is 3. The second-order valence-corrected chi connectivity index (χ2v) is 20.4. The van der Waals surface area contributed by atoms with Gasteiger partial charge in [0.15, 0.2) is 0 Å². The van der Waals surface area contributed by atoms with E-state index in [4.69, 9.17) is 10.5 Å². The SMILES string of the molecule is NC1=NC(c2ccc(OCCCP(Br)(c3ccccc3)(c3ccccc3)c3ccccc3)cc2)NC(=NCCc2ccccc2)N1. The van der Waals surface area contributed by atoms with Crippen LogP contribution in [-0.2, 0) is 6.42 Å². The molecule has 0 amide bonds. The normalized spacial score (nSPS) is 16.4. The summed E-state index contributed by atoms with van der Waals surface area (Å²) in [5.41, 5.74) is 8.34. The van der Waals surface area contributed by atoms with Gasteiger partial charge < -0.3 is 0 Å². The molecule has 1 atom stereocenters. The Morgan fingerprint density at radius 2 is 1.24 bits per heavy atom. The molecule has 0 radical (unpaired) electrons. The van der Waals surface area contributed by atoms with Crippen LogP contribution in [0.25, 0.3) is 0 Å². The molecule has 5 aromatic rings. The van der Waals surface area contributed by atoms with Crippen molar-refractivity contribution in [3.8, 4) is 5.75 Å². The minimum atomic E-state index is -2.97. The van der Waals surface area contributed by atoms with Gasteiger partial charge in [0.05, 0.1) is 0 Å². The number of hydrogen-bond acceptors (Lipinski definition) is 4. The van der Waals surface area contributed by atoms with Crippen LogP contribution in [0, 0.1) is 0 Å². The fourth-order valence-electron chi connectivity index (χ4n) is 6.02. The Morgan fingerprint density at radius 3 is 1.78 bits per heavy atom. The summed E-state index contributed by atoms with van der Waals surface area (Å²) in [6.07, 6.45) is 2.31. The van der Waals surface area contributed by atoms with E-state index in [2.05, 4.69) is 139 Å². The standard InChI is InChI=1S/C38H39BrN5OP/c39-46(33-16-7-2-8-17-33,34-18-9-3-10-19-34,35-20-11-4-12-21-35)29-13-28-45-32-24-22-31(23-25-32)36-42-37(40)44-38(43-36)41-27-26-30-14-5-1-6-15-30/h1-12,14-25,36H,13,26-29H2,(H4,40,41,42,43,44). The first kappa shape index (κ1) is 31.5. The van der Waals surface area contributed by atoms with Crippen LogP contribution in [-0.4, -0.2) is 31.2 Å². The number of nitrogens with zero attached hydrogens (tertiary/aromatic N) is 2. The molecule has 1 aliphatic rings. The zero-order valence-electron chi connectivity index (χ0n) is 25.7. The molecule has 234 valence electrons. The summed E-state index contributed by atoms with van der Waals surface area (Å²) in [6.45, 7) is 1.23. The summed E-state index contributed by atoms with van der Waals surface area (Å²) < 4.78 is 6.32. The smallest absolute Gasteiger partial charge is 0.0622 e. The van der Waals surface area contributed by atoms with E-state index in [9.17, 15) is 0 Å². The van der Waals surface area contributed by atoms with E-state index in [1.165, 1.54) is 21.5 Å². The maximum absolute atomic E-state index is 6.32. The molecule has 0 saturated carbocycles. The van der Waals surface area contributed by atoms with Gasteiger partial charge in [0.1, 0.15) is 0 Å². The summed E-state index contributed by atoms with van der Waals surface area (Å²) in [7, 11) is 0. The first-order chi connectivity index (χ1) is 22.5. The van der Waals surface area contributed by atoms with Crippen molar-refractivity contribution >= 4 is 48.6 Å². The molecular weight excluding hydrogens is 653 g/mol. The van der Waals surface area contributed by atoms with E-state index in [-0.39, 0.29) is 6.17 Å². The third kappa shape index (κ3) is 6.86. The summed E-state index contributed by atoms with van der Waals surface area (Å²) in [4.78, 5) is 9.22. The Labute approximate surface area is 279 Å². The van der Waals surface area contributed by atoms with Crippen molar-refractivity contribution in [2.45, 2.75) is 19.0 Å². The predicted molar refractivity (Wildman–Crippen MR) is 199 cm³/mol. The number of guanidine groups is 2. The number of ether oxygens (including phenoxy) is 1. The minimum Gasteiger partial charge on any atom is -0.0622 e. The van der Waals surface area contributed by atoms with Crippen molar-refractivity contribution in [3.63, 3.8) is 0 Å². The average molecular weight is 693 g/mol. The van der Waals surface area contributed by atoms with Crippen LogP contribution in [0.2, 0.25) is 0 Å². The van der Waals surface area contributed by atoms with Gasteiger partial charge in [-0.2, -0.15) is 0 Å². The van der Waals surface area contributed by atoms with Crippen LogP contribution in [0.4, 0.5) is 0 Å². The van der Waals surface area contributed by atoms with Crippen molar-refractivity contribution in [3.05, 3.63) is 157 Å². The van der Waals surface area contributed by atoms with E-state index in [1.54, 1.807) is 0 Å². The molecule has 1 unspecified atom stereocenters. The van der Waals surface area contributed by atoms with Crippen LogP contribution >= 0.6 is 20.8 Å². The third-order valence-corrected chi connectivity index (χ3v) is 18.4. The van der Waals surface area contributed by atoms with E-state index in [1.807, 2.05) is 42.5 Å². The Kier molecular flexibility index (Phi) is 9.82. The molecular formula is C38H39BrN5OP. The van der Waals surface area contributed by atoms with Gasteiger partial charge >= 0.3 is 232 Å². The monoisotopic (exact) mass is 691 g/mol. The molecule has 0 aliphatic carbocycles. The molecule has 46 heavy (non-hydrogen) atoms. The maximum atomic E-state index is 6.32. The van der Waals surface area contributed by atoms with Gasteiger partial charge in [-0.15, -0.1) is 0 Å². The van der Waals surface area contributed by atoms with Crippen molar-refractivity contribution in [1.82, 2.24) is 10.6 Å². The molecule has 8 heteroatoms. The number of nitrogens with one attached hydrogen (secondary N) is 2. The molecule has 0 spiro atoms. The van der Waals surface area contributed by atoms with Crippen LogP contribution in [0.5, 0.6) is 5.75 Å². The van der Waals surface area contributed by atoms with Gasteiger partial charge in [-0.3, -0.25) is 0 Å². The van der Waals surface area contributed by atoms with Gasteiger partial charge in [0, 0.05) is 6.54 Å². The zero-order chi connectivity index (χ0) is 31.7. The second-order valence-electron chi connectivity index (χ2n) is 11.3. The number of rotatable bonds is 12. The molecule has 1 heterocycles. The average Bonchev–Trinajstić information content (AvgIpc) is 3.12. The molecule has 4 N–H and O–H groups in total. The molecule has 0 fully saturated rings. The Morgan fingerprint density at radius 1 is 0.717 bits per heavy atom. The van der Waals surface area contributed by atoms with Gasteiger partial charge in [-0.1, -0.05) is 30.3 Å².